The van der Waals surface area contributed by atoms with Crippen LogP contribution in [0.3, 0.4) is 0 Å². The van der Waals surface area contributed by atoms with E-state index in [2.05, 4.69) is 41.2 Å². The maximum absolute atomic E-state index is 13.3. The second kappa shape index (κ2) is 33.6. The molecular weight excluding hydrogens is 1220 g/mol. The molecule has 8 rings (SSSR count). The van der Waals surface area contributed by atoms with Crippen molar-refractivity contribution in [1.29, 1.82) is 0 Å². The van der Waals surface area contributed by atoms with Crippen molar-refractivity contribution in [1.82, 2.24) is 30.6 Å². The van der Waals surface area contributed by atoms with Crippen LogP contribution in [0.1, 0.15) is 51.9 Å². The Balaban J connectivity index is 0.534. The Kier molecular flexibility index (Phi) is 26.6. The van der Waals surface area contributed by atoms with E-state index in [0.29, 0.717) is 78.3 Å². The molecule has 6 saturated heterocycles. The number of ether oxygens (including phenoxy) is 18. The van der Waals surface area contributed by atoms with Gasteiger partial charge in [0.15, 0.2) is 35.5 Å². The van der Waals surface area contributed by atoms with Crippen LogP contribution in [0.4, 0.5) is 38.0 Å². The number of alkyl halides is 6. The molecule has 6 aliphatic heterocycles. The molecule has 2 aromatic heterocycles. The number of rotatable bonds is 42. The number of nitrogens with two attached hydrogens (primary N) is 1. The van der Waals surface area contributed by atoms with Gasteiger partial charge in [-0.05, 0) is 27.7 Å². The number of carbonyl (C=O) groups excluding carboxylic acids is 2. The number of hydrogen-bond acceptors (Lipinski definition) is 27. The molecule has 0 radical (unpaired) electrons. The smallest absolute Gasteiger partial charge is 0.379 e. The summed E-state index contributed by atoms with van der Waals surface area (Å²) >= 11 is 0. The van der Waals surface area contributed by atoms with Gasteiger partial charge in [-0.1, -0.05) is 0 Å². The summed E-state index contributed by atoms with van der Waals surface area (Å²) in [5.74, 6) is -2.66. The zero-order valence-electron chi connectivity index (χ0n) is 50.7. The number of nitrogens with zero attached hydrogens (tertiary/aromatic N) is 4. The lowest BCUT2D eigenvalue weighted by atomic mass is 9.88. The van der Waals surface area contributed by atoms with Crippen LogP contribution in [-0.2, 0) is 107 Å². The molecule has 0 unspecified atom stereocenters. The second-order valence-corrected chi connectivity index (χ2v) is 22.6. The summed E-state index contributed by atoms with van der Waals surface area (Å²) in [6.07, 6.45) is -9.85. The fourth-order valence-electron chi connectivity index (χ4n) is 10.4. The summed E-state index contributed by atoms with van der Waals surface area (Å²) in [5.41, 5.74) is 1.72. The van der Waals surface area contributed by atoms with Gasteiger partial charge in [-0.25, -0.2) is 9.97 Å². The molecule has 4 bridgehead atoms. The fourth-order valence-corrected chi connectivity index (χ4v) is 10.4. The van der Waals surface area contributed by atoms with Crippen LogP contribution in [0, 0.1) is 0 Å². The van der Waals surface area contributed by atoms with E-state index in [1.165, 1.54) is 12.4 Å². The molecule has 8 heterocycles. The summed E-state index contributed by atoms with van der Waals surface area (Å²) in [7, 11) is 0. The lowest BCUT2D eigenvalue weighted by Gasteiger charge is -2.42. The van der Waals surface area contributed by atoms with Crippen LogP contribution < -0.4 is 27.0 Å². The first-order chi connectivity index (χ1) is 43.0. The monoisotopic (exact) mass is 1300 g/mol. The van der Waals surface area contributed by atoms with Gasteiger partial charge < -0.3 is 112 Å². The van der Waals surface area contributed by atoms with Crippen LogP contribution in [0.5, 0.6) is 0 Å². The van der Waals surface area contributed by atoms with Gasteiger partial charge in [-0.15, -0.1) is 0 Å². The molecule has 6 N–H and O–H groups in total. The molecule has 10 atom stereocenters. The molecule has 2 aromatic rings. The minimum atomic E-state index is -4.67. The first-order valence-electron chi connectivity index (χ1n) is 29.7. The summed E-state index contributed by atoms with van der Waals surface area (Å²) in [4.78, 5) is 39.0. The van der Waals surface area contributed by atoms with Crippen molar-refractivity contribution in [3.05, 3.63) is 36.2 Å². The largest absolute Gasteiger partial charge is 0.434 e. The normalized spacial score (nSPS) is 27.5. The fraction of sp³-hybridized carbons (Fsp3) is 0.818. The first-order valence-corrected chi connectivity index (χ1v) is 29.7. The van der Waals surface area contributed by atoms with Gasteiger partial charge in [0.05, 0.1) is 176 Å². The number of aromatic nitrogens is 4. The third-order valence-corrected chi connectivity index (χ3v) is 14.4. The lowest BCUT2D eigenvalue weighted by Crippen LogP contribution is -2.63. The third-order valence-electron chi connectivity index (χ3n) is 14.4. The van der Waals surface area contributed by atoms with Gasteiger partial charge in [-0.2, -0.15) is 26.3 Å². The summed E-state index contributed by atoms with van der Waals surface area (Å²) < 4.78 is 185. The third kappa shape index (κ3) is 21.3. The topological polar surface area (TPSA) is 326 Å². The Labute approximate surface area is 515 Å². The van der Waals surface area contributed by atoms with E-state index in [4.69, 9.17) is 91.0 Å². The second-order valence-electron chi connectivity index (χ2n) is 22.6. The van der Waals surface area contributed by atoms with E-state index < -0.39 is 102 Å². The number of carbonyl (C=O) groups is 2. The zero-order chi connectivity index (χ0) is 64.3. The van der Waals surface area contributed by atoms with E-state index >= 15 is 0 Å². The Hall–Kier alpha value is -4.48. The quantitative estimate of drug-likeness (QED) is 0.0463. The van der Waals surface area contributed by atoms with Crippen molar-refractivity contribution >= 4 is 23.5 Å². The first kappa shape index (κ1) is 71.4. The van der Waals surface area contributed by atoms with Gasteiger partial charge in [0.25, 0.3) is 0 Å². The minimum Gasteiger partial charge on any atom is -0.379 e. The maximum atomic E-state index is 13.3. The average molecular weight is 1300 g/mol. The van der Waals surface area contributed by atoms with Crippen LogP contribution in [0.2, 0.25) is 0 Å². The predicted molar refractivity (Wildman–Crippen MR) is 295 cm³/mol. The Morgan fingerprint density at radius 3 is 1.23 bits per heavy atom. The van der Waals surface area contributed by atoms with Crippen molar-refractivity contribution < 1.29 is 121 Å². The van der Waals surface area contributed by atoms with E-state index in [9.17, 15) is 35.9 Å². The average Bonchev–Trinajstić information content (AvgIpc) is 1.57. The highest BCUT2D eigenvalue weighted by atomic mass is 19.4. The SMILES string of the molecule is CC1(C)O[C@@H]2[C@@H](Nc3cncc(C(F)(F)F)n3)[C@H]3OC[C@](COCCOCCOCCOCCNC(=O)CCOCC(N)COCCC(=O)NCCOCCOCCOCCOC[C@@]45CO[C@@H](O4)[C@H](Nc4cncc(C(F)(F)F)n4)[C@H]4OC(C)(C)O[C@H]45)(O3)[C@@H]2O1. The standard InChI is InChI=1S/C55H83F6N9O20/c1-50(2)85-44-42(69-38-27-63-25-36(67-38)54(56,57)58)48-83-33-52(89-48,46(44)87-50)31-81-23-21-77-19-17-75-15-13-73-11-7-65-40(71)5-9-79-29-35(62)30-80-10-6-41(72)66-8-12-74-14-16-76-18-20-78-22-24-82-32-53-34-84-49(90-53)43(45-47(53)88-51(3,4)86-45)70-39-28-64-26-37(68-39)55(59,60)61/h25-28,35,42-49H,5-24,29-34,62H2,1-4H3,(H,65,71)(H,66,72)(H,67,69)(H,68,70)/t42-,43-,44-,45-,46-,47-,48+,49+,52+,53+/m1/s1. The Morgan fingerprint density at radius 2 is 0.867 bits per heavy atom. The van der Waals surface area contributed by atoms with E-state index in [-0.39, 0.29) is 129 Å². The molecule has 510 valence electrons. The summed E-state index contributed by atoms with van der Waals surface area (Å²) in [6.45, 7) is 12.7. The molecule has 2 amide bonds. The zero-order valence-corrected chi connectivity index (χ0v) is 50.7. The molecule has 0 aliphatic carbocycles. The van der Waals surface area contributed by atoms with E-state index in [1.807, 2.05) is 0 Å². The number of fused-ring (bicyclic) bond motifs is 8. The number of hydrogen-bond donors (Lipinski definition) is 5. The Bertz CT molecular complexity index is 2360. The molecule has 90 heavy (non-hydrogen) atoms. The summed E-state index contributed by atoms with van der Waals surface area (Å²) in [6, 6.07) is -1.95. The van der Waals surface area contributed by atoms with Crippen LogP contribution in [0.15, 0.2) is 24.8 Å². The number of anilines is 2. The maximum Gasteiger partial charge on any atom is 0.434 e. The van der Waals surface area contributed by atoms with Gasteiger partial charge in [-0.3, -0.25) is 19.6 Å². The number of amides is 2. The van der Waals surface area contributed by atoms with Crippen molar-refractivity contribution in [3.8, 4) is 0 Å². The van der Waals surface area contributed by atoms with Crippen LogP contribution >= 0.6 is 0 Å². The molecule has 35 heteroatoms. The van der Waals surface area contributed by atoms with Crippen molar-refractivity contribution in [2.75, 3.05) is 169 Å². The summed E-state index contributed by atoms with van der Waals surface area (Å²) in [5, 5.41) is 11.4. The van der Waals surface area contributed by atoms with Crippen molar-refractivity contribution in [3.63, 3.8) is 0 Å². The Morgan fingerprint density at radius 1 is 0.511 bits per heavy atom. The van der Waals surface area contributed by atoms with E-state index in [1.54, 1.807) is 27.7 Å². The predicted octanol–water partition coefficient (Wildman–Crippen LogP) is 1.36. The molecular formula is C55H83F6N9O20. The minimum absolute atomic E-state index is 0.0890. The molecule has 0 spiro atoms. The highest BCUT2D eigenvalue weighted by Gasteiger charge is 2.67. The van der Waals surface area contributed by atoms with Gasteiger partial charge in [0.1, 0.15) is 59.3 Å². The van der Waals surface area contributed by atoms with E-state index in [0.717, 1.165) is 0 Å². The molecule has 6 aliphatic rings. The molecule has 29 nitrogen and oxygen atoms in total. The molecule has 0 saturated carbocycles. The number of nitrogens with one attached hydrogen (secondary N) is 4. The van der Waals surface area contributed by atoms with Gasteiger partial charge >= 0.3 is 12.4 Å². The molecule has 0 aromatic carbocycles. The lowest BCUT2D eigenvalue weighted by molar-refractivity contribution is -0.208. The number of halogens is 6. The highest BCUT2D eigenvalue weighted by molar-refractivity contribution is 5.76. The van der Waals surface area contributed by atoms with Gasteiger partial charge in [0, 0.05) is 25.9 Å². The molecule has 6 fully saturated rings. The van der Waals surface area contributed by atoms with Crippen molar-refractivity contribution in [2.45, 2.75) is 131 Å². The van der Waals surface area contributed by atoms with Crippen LogP contribution in [0.25, 0.3) is 0 Å². The van der Waals surface area contributed by atoms with Gasteiger partial charge in [0.2, 0.25) is 11.8 Å². The van der Waals surface area contributed by atoms with Crippen molar-refractivity contribution in [2.24, 2.45) is 5.73 Å². The highest BCUT2D eigenvalue weighted by Crippen LogP contribution is 2.49. The van der Waals surface area contributed by atoms with Crippen LogP contribution in [-0.4, -0.2) is 268 Å².